The van der Waals surface area contributed by atoms with E-state index in [0.717, 1.165) is 49.9 Å². The molecule has 2 aliphatic rings. The number of carbonyl (C=O) groups is 2. The van der Waals surface area contributed by atoms with Gasteiger partial charge in [0.1, 0.15) is 5.69 Å². The molecule has 0 radical (unpaired) electrons. The Morgan fingerprint density at radius 3 is 2.24 bits per heavy atom. The number of amides is 2. The van der Waals surface area contributed by atoms with Gasteiger partial charge in [-0.2, -0.15) is 0 Å². The van der Waals surface area contributed by atoms with E-state index in [9.17, 15) is 9.59 Å². The molecule has 0 aliphatic carbocycles. The first-order valence-electron chi connectivity index (χ1n) is 10.9. The quantitative estimate of drug-likeness (QED) is 0.868. The molecule has 2 saturated heterocycles. The normalized spacial score (nSPS) is 18.8. The van der Waals surface area contributed by atoms with Crippen molar-refractivity contribution in [2.45, 2.75) is 39.5 Å². The first-order valence-corrected chi connectivity index (χ1v) is 10.9. The number of fused-ring (bicyclic) bond motifs is 1. The number of carbonyl (C=O) groups excluding carboxylic acids is 2. The minimum Gasteiger partial charge on any atom is -0.351 e. The van der Waals surface area contributed by atoms with Gasteiger partial charge in [0, 0.05) is 50.2 Å². The summed E-state index contributed by atoms with van der Waals surface area (Å²) in [5, 5.41) is 1.11. The summed E-state index contributed by atoms with van der Waals surface area (Å²) in [6.45, 7) is 9.27. The number of nitrogens with zero attached hydrogens (tertiary/aromatic N) is 3. The van der Waals surface area contributed by atoms with Crippen molar-refractivity contribution in [1.82, 2.24) is 19.7 Å². The van der Waals surface area contributed by atoms with Crippen LogP contribution in [0.3, 0.4) is 0 Å². The standard InChI is InChI=1S/C23H32N4O2/c1-17-13-18(2)19-15-21(24-20(19)14-17)23(29)27-11-9-25(10-12-27)16-22(28)26-7-5-3-4-6-8-26/h13-15,24H,3-12,16H2,1-2H3. The second-order valence-corrected chi connectivity index (χ2v) is 8.59. The minimum absolute atomic E-state index is 0.0525. The molecule has 0 bridgehead atoms. The molecule has 0 saturated carbocycles. The van der Waals surface area contributed by atoms with Crippen LogP contribution in [0.1, 0.15) is 47.3 Å². The minimum atomic E-state index is 0.0525. The van der Waals surface area contributed by atoms with Crippen molar-refractivity contribution in [3.05, 3.63) is 35.0 Å². The lowest BCUT2D eigenvalue weighted by Crippen LogP contribution is -2.51. The monoisotopic (exact) mass is 396 g/mol. The predicted octanol–water partition coefficient (Wildman–Crippen LogP) is 2.95. The maximum Gasteiger partial charge on any atom is 0.270 e. The Labute approximate surface area is 172 Å². The highest BCUT2D eigenvalue weighted by Gasteiger charge is 2.26. The molecule has 29 heavy (non-hydrogen) atoms. The first kappa shape index (κ1) is 20.0. The van der Waals surface area contributed by atoms with Crippen LogP contribution in [0.4, 0.5) is 0 Å². The maximum atomic E-state index is 13.0. The number of rotatable bonds is 3. The van der Waals surface area contributed by atoms with E-state index in [2.05, 4.69) is 35.9 Å². The van der Waals surface area contributed by atoms with Crippen molar-refractivity contribution in [1.29, 1.82) is 0 Å². The second kappa shape index (κ2) is 8.57. The molecule has 0 atom stereocenters. The maximum absolute atomic E-state index is 13.0. The van der Waals surface area contributed by atoms with Crippen molar-refractivity contribution in [3.63, 3.8) is 0 Å². The third-order valence-electron chi connectivity index (χ3n) is 6.30. The molecule has 2 aromatic rings. The van der Waals surface area contributed by atoms with Crippen LogP contribution in [0.5, 0.6) is 0 Å². The Hall–Kier alpha value is -2.34. The van der Waals surface area contributed by atoms with E-state index in [1.165, 1.54) is 24.0 Å². The third kappa shape index (κ3) is 4.47. The summed E-state index contributed by atoms with van der Waals surface area (Å²) in [6, 6.07) is 6.21. The number of aromatic amines is 1. The molecule has 2 amide bonds. The van der Waals surface area contributed by atoms with Gasteiger partial charge in [0.2, 0.25) is 5.91 Å². The number of piperazine rings is 1. The van der Waals surface area contributed by atoms with Crippen LogP contribution in [0.25, 0.3) is 10.9 Å². The van der Waals surface area contributed by atoms with Crippen LogP contribution < -0.4 is 0 Å². The number of likely N-dealkylation sites (tertiary alicyclic amines) is 1. The van der Waals surface area contributed by atoms with Crippen LogP contribution in [0.15, 0.2) is 18.2 Å². The molecule has 2 fully saturated rings. The van der Waals surface area contributed by atoms with Crippen molar-refractivity contribution >= 4 is 22.7 Å². The Balaban J connectivity index is 1.34. The van der Waals surface area contributed by atoms with Gasteiger partial charge in [0.15, 0.2) is 0 Å². The molecule has 3 heterocycles. The van der Waals surface area contributed by atoms with Crippen LogP contribution in [0, 0.1) is 13.8 Å². The smallest absolute Gasteiger partial charge is 0.270 e. The van der Waals surface area contributed by atoms with Gasteiger partial charge in [-0.25, -0.2) is 0 Å². The van der Waals surface area contributed by atoms with E-state index < -0.39 is 0 Å². The fourth-order valence-corrected chi connectivity index (χ4v) is 4.61. The second-order valence-electron chi connectivity index (χ2n) is 8.59. The van der Waals surface area contributed by atoms with Crippen molar-refractivity contribution in [2.24, 2.45) is 0 Å². The molecule has 2 aliphatic heterocycles. The number of aryl methyl sites for hydroxylation is 2. The topological polar surface area (TPSA) is 59.7 Å². The van der Waals surface area contributed by atoms with E-state index in [0.29, 0.717) is 25.3 Å². The molecule has 1 aromatic heterocycles. The lowest BCUT2D eigenvalue weighted by Gasteiger charge is -2.35. The van der Waals surface area contributed by atoms with E-state index in [1.807, 2.05) is 15.9 Å². The van der Waals surface area contributed by atoms with Gasteiger partial charge >= 0.3 is 0 Å². The molecule has 1 aromatic carbocycles. The summed E-state index contributed by atoms with van der Waals surface area (Å²) < 4.78 is 0. The van der Waals surface area contributed by atoms with Crippen molar-refractivity contribution < 1.29 is 9.59 Å². The Morgan fingerprint density at radius 2 is 1.55 bits per heavy atom. The van der Waals surface area contributed by atoms with Gasteiger partial charge in [0.25, 0.3) is 5.91 Å². The number of nitrogens with one attached hydrogen (secondary N) is 1. The molecular formula is C23H32N4O2. The average molecular weight is 397 g/mol. The summed E-state index contributed by atoms with van der Waals surface area (Å²) >= 11 is 0. The zero-order chi connectivity index (χ0) is 20.4. The summed E-state index contributed by atoms with van der Waals surface area (Å²) in [5.74, 6) is 0.296. The van der Waals surface area contributed by atoms with Gasteiger partial charge in [-0.15, -0.1) is 0 Å². The number of hydrogen-bond acceptors (Lipinski definition) is 3. The SMILES string of the molecule is Cc1cc(C)c2cc(C(=O)N3CCN(CC(=O)N4CCCCCC4)CC3)[nH]c2c1. The summed E-state index contributed by atoms with van der Waals surface area (Å²) in [7, 11) is 0. The molecule has 156 valence electrons. The van der Waals surface area contributed by atoms with Gasteiger partial charge in [-0.3, -0.25) is 14.5 Å². The first-order chi connectivity index (χ1) is 14.0. The third-order valence-corrected chi connectivity index (χ3v) is 6.30. The Morgan fingerprint density at radius 1 is 0.862 bits per heavy atom. The Bertz CT molecular complexity index is 888. The molecule has 4 rings (SSSR count). The van der Waals surface area contributed by atoms with Crippen molar-refractivity contribution in [3.8, 4) is 0 Å². The fourth-order valence-electron chi connectivity index (χ4n) is 4.61. The summed E-state index contributed by atoms with van der Waals surface area (Å²) in [6.07, 6.45) is 4.71. The predicted molar refractivity (Wildman–Crippen MR) is 115 cm³/mol. The molecule has 6 nitrogen and oxygen atoms in total. The highest BCUT2D eigenvalue weighted by Crippen LogP contribution is 2.22. The lowest BCUT2D eigenvalue weighted by molar-refractivity contribution is -0.132. The van der Waals surface area contributed by atoms with Gasteiger partial charge in [-0.05, 0) is 49.9 Å². The Kier molecular flexibility index (Phi) is 5.90. The highest BCUT2D eigenvalue weighted by molar-refractivity contribution is 5.99. The average Bonchev–Trinajstić information content (AvgIpc) is 2.94. The van der Waals surface area contributed by atoms with Gasteiger partial charge in [-0.1, -0.05) is 18.9 Å². The molecule has 0 spiro atoms. The van der Waals surface area contributed by atoms with Gasteiger partial charge < -0.3 is 14.8 Å². The van der Waals surface area contributed by atoms with Crippen molar-refractivity contribution in [2.75, 3.05) is 45.8 Å². The van der Waals surface area contributed by atoms with Crippen LogP contribution in [-0.4, -0.2) is 77.3 Å². The molecule has 6 heteroatoms. The number of benzene rings is 1. The highest BCUT2D eigenvalue weighted by atomic mass is 16.2. The number of hydrogen-bond donors (Lipinski definition) is 1. The van der Waals surface area contributed by atoms with Crippen LogP contribution in [0.2, 0.25) is 0 Å². The molecule has 1 N–H and O–H groups in total. The van der Waals surface area contributed by atoms with Crippen LogP contribution in [-0.2, 0) is 4.79 Å². The molecule has 0 unspecified atom stereocenters. The van der Waals surface area contributed by atoms with E-state index in [1.54, 1.807) is 0 Å². The summed E-state index contributed by atoms with van der Waals surface area (Å²) in [4.78, 5) is 35.0. The van der Waals surface area contributed by atoms with E-state index in [4.69, 9.17) is 0 Å². The number of H-pyrrole nitrogens is 1. The zero-order valence-electron chi connectivity index (χ0n) is 17.7. The summed E-state index contributed by atoms with van der Waals surface area (Å²) in [5.41, 5.74) is 4.06. The molecular weight excluding hydrogens is 364 g/mol. The largest absolute Gasteiger partial charge is 0.351 e. The zero-order valence-corrected chi connectivity index (χ0v) is 17.7. The fraction of sp³-hybridized carbons (Fsp3) is 0.565. The lowest BCUT2D eigenvalue weighted by atomic mass is 10.1. The number of aromatic nitrogens is 1. The van der Waals surface area contributed by atoms with E-state index in [-0.39, 0.29) is 11.8 Å². The van der Waals surface area contributed by atoms with Gasteiger partial charge in [0.05, 0.1) is 6.54 Å². The van der Waals surface area contributed by atoms with E-state index >= 15 is 0 Å². The van der Waals surface area contributed by atoms with Crippen LogP contribution >= 0.6 is 0 Å².